The summed E-state index contributed by atoms with van der Waals surface area (Å²) in [7, 11) is 1.78. The molecule has 4 rings (SSSR count). The molecule has 0 unspecified atom stereocenters. The van der Waals surface area contributed by atoms with Crippen molar-refractivity contribution in [3.05, 3.63) is 23.3 Å². The summed E-state index contributed by atoms with van der Waals surface area (Å²) < 4.78 is 2.51. The molecule has 1 fully saturated rings. The molecule has 1 aliphatic heterocycles. The molecule has 0 N–H and O–H groups in total. The van der Waals surface area contributed by atoms with E-state index >= 15 is 0 Å². The number of imidazole rings is 1. The molecule has 0 bridgehead atoms. The Labute approximate surface area is 142 Å². The molecule has 2 aliphatic rings. The lowest BCUT2D eigenvalue weighted by molar-refractivity contribution is -0.117. The molecule has 0 radical (unpaired) electrons. The van der Waals surface area contributed by atoms with Crippen LogP contribution in [-0.2, 0) is 4.79 Å². The predicted octanol–water partition coefficient (Wildman–Crippen LogP) is 2.15. The molecule has 1 saturated carbocycles. The van der Waals surface area contributed by atoms with E-state index in [9.17, 15) is 4.79 Å². The molecular formula is C15H17BrN6O. The molecule has 0 atom stereocenters. The predicted molar refractivity (Wildman–Crippen MR) is 89.9 cm³/mol. The van der Waals surface area contributed by atoms with Crippen molar-refractivity contribution in [1.82, 2.24) is 19.5 Å². The van der Waals surface area contributed by atoms with Gasteiger partial charge in [-0.05, 0) is 28.8 Å². The van der Waals surface area contributed by atoms with E-state index in [0.29, 0.717) is 18.5 Å². The van der Waals surface area contributed by atoms with Crippen molar-refractivity contribution in [1.29, 1.82) is 0 Å². The average molecular weight is 377 g/mol. The first-order chi connectivity index (χ1) is 11.1. The fraction of sp³-hybridized carbons (Fsp3) is 0.467. The lowest BCUT2D eigenvalue weighted by atomic mass is 10.1. The van der Waals surface area contributed by atoms with Gasteiger partial charge in [0.1, 0.15) is 16.6 Å². The van der Waals surface area contributed by atoms with Gasteiger partial charge >= 0.3 is 0 Å². The third-order valence-electron chi connectivity index (χ3n) is 4.60. The number of halogens is 1. The Morgan fingerprint density at radius 1 is 1.26 bits per heavy atom. The molecule has 3 heterocycles. The van der Waals surface area contributed by atoms with Gasteiger partial charge in [-0.3, -0.25) is 9.36 Å². The fourth-order valence-electron chi connectivity index (χ4n) is 3.32. The maximum absolute atomic E-state index is 12.3. The molecule has 23 heavy (non-hydrogen) atoms. The summed E-state index contributed by atoms with van der Waals surface area (Å²) >= 11 is 3.34. The van der Waals surface area contributed by atoms with Crippen molar-refractivity contribution >= 4 is 33.3 Å². The van der Waals surface area contributed by atoms with Crippen molar-refractivity contribution in [2.24, 2.45) is 0 Å². The van der Waals surface area contributed by atoms with Gasteiger partial charge in [-0.15, -0.1) is 0 Å². The van der Waals surface area contributed by atoms with Crippen LogP contribution in [0.5, 0.6) is 0 Å². The van der Waals surface area contributed by atoms with Crippen LogP contribution < -0.4 is 9.80 Å². The summed E-state index contributed by atoms with van der Waals surface area (Å²) in [6, 6.07) is 0.392. The maximum atomic E-state index is 12.3. The number of fused-ring (bicyclic) bond motifs is 1. The Morgan fingerprint density at radius 3 is 2.74 bits per heavy atom. The van der Waals surface area contributed by atoms with Crippen molar-refractivity contribution < 1.29 is 4.79 Å². The molecule has 120 valence electrons. The molecular weight excluding hydrogens is 360 g/mol. The van der Waals surface area contributed by atoms with Crippen molar-refractivity contribution in [3.63, 3.8) is 0 Å². The van der Waals surface area contributed by atoms with E-state index in [1.165, 1.54) is 12.8 Å². The van der Waals surface area contributed by atoms with E-state index in [-0.39, 0.29) is 5.91 Å². The van der Waals surface area contributed by atoms with E-state index in [0.717, 1.165) is 29.0 Å². The Kier molecular flexibility index (Phi) is 3.56. The highest BCUT2D eigenvalue weighted by molar-refractivity contribution is 9.10. The van der Waals surface area contributed by atoms with Gasteiger partial charge in [0.05, 0.1) is 12.7 Å². The molecule has 0 saturated heterocycles. The molecule has 7 nitrogen and oxygen atoms in total. The third kappa shape index (κ3) is 2.50. The van der Waals surface area contributed by atoms with Crippen LogP contribution in [0.25, 0.3) is 5.95 Å². The second-order valence-corrected chi connectivity index (χ2v) is 6.81. The highest BCUT2D eigenvalue weighted by Gasteiger charge is 2.34. The zero-order valence-corrected chi connectivity index (χ0v) is 14.4. The smallest absolute Gasteiger partial charge is 0.246 e. The zero-order valence-electron chi connectivity index (χ0n) is 12.8. The van der Waals surface area contributed by atoms with E-state index in [1.54, 1.807) is 29.0 Å². The van der Waals surface area contributed by atoms with Gasteiger partial charge in [0.2, 0.25) is 11.9 Å². The van der Waals surface area contributed by atoms with Crippen LogP contribution in [0, 0.1) is 0 Å². The van der Waals surface area contributed by atoms with Crippen LogP contribution in [0.1, 0.15) is 25.7 Å². The lowest BCUT2D eigenvalue weighted by Gasteiger charge is -2.37. The minimum absolute atomic E-state index is 0.0890. The molecule has 8 heteroatoms. The quantitative estimate of drug-likeness (QED) is 0.803. The highest BCUT2D eigenvalue weighted by atomic mass is 79.9. The van der Waals surface area contributed by atoms with Crippen molar-refractivity contribution in [3.8, 4) is 5.95 Å². The zero-order chi connectivity index (χ0) is 16.0. The van der Waals surface area contributed by atoms with E-state index in [1.807, 2.05) is 6.20 Å². The summed E-state index contributed by atoms with van der Waals surface area (Å²) in [6.07, 6.45) is 9.88. The summed E-state index contributed by atoms with van der Waals surface area (Å²) in [5.74, 6) is 1.49. The van der Waals surface area contributed by atoms with Gasteiger partial charge < -0.3 is 9.80 Å². The summed E-state index contributed by atoms with van der Waals surface area (Å²) in [5.41, 5.74) is 0.774. The van der Waals surface area contributed by atoms with Crippen molar-refractivity contribution in [2.75, 3.05) is 23.4 Å². The molecule has 1 aliphatic carbocycles. The molecule has 0 aromatic carbocycles. The number of nitrogens with zero attached hydrogens (tertiary/aromatic N) is 6. The first-order valence-corrected chi connectivity index (χ1v) is 8.53. The van der Waals surface area contributed by atoms with Crippen LogP contribution in [0.3, 0.4) is 0 Å². The van der Waals surface area contributed by atoms with Crippen LogP contribution in [0.15, 0.2) is 23.3 Å². The van der Waals surface area contributed by atoms with Gasteiger partial charge in [-0.2, -0.15) is 4.98 Å². The SMILES string of the molecule is CN1C(=O)CN(C2CCCC2)c2nc(-n3cnc(Br)c3)ncc21. The molecule has 2 aromatic rings. The number of carbonyl (C=O) groups excluding carboxylic acids is 1. The van der Waals surface area contributed by atoms with Gasteiger partial charge in [0.25, 0.3) is 0 Å². The molecule has 2 aromatic heterocycles. The Balaban J connectivity index is 1.79. The summed E-state index contributed by atoms with van der Waals surface area (Å²) in [4.78, 5) is 29.4. The monoisotopic (exact) mass is 376 g/mol. The first kappa shape index (κ1) is 14.6. The summed E-state index contributed by atoms with van der Waals surface area (Å²) in [6.45, 7) is 0.387. The average Bonchev–Trinajstić information content (AvgIpc) is 3.22. The Morgan fingerprint density at radius 2 is 2.04 bits per heavy atom. The number of likely N-dealkylation sites (N-methyl/N-ethyl adjacent to an activating group) is 1. The van der Waals surface area contributed by atoms with Gasteiger partial charge in [0, 0.05) is 19.3 Å². The molecule has 0 spiro atoms. The number of rotatable bonds is 2. The lowest BCUT2D eigenvalue weighted by Crippen LogP contribution is -2.48. The number of anilines is 2. The van der Waals surface area contributed by atoms with Crippen LogP contribution >= 0.6 is 15.9 Å². The van der Waals surface area contributed by atoms with Crippen LogP contribution in [-0.4, -0.2) is 45.1 Å². The number of hydrogen-bond acceptors (Lipinski definition) is 5. The Hall–Kier alpha value is -1.96. The van der Waals surface area contributed by atoms with Gasteiger partial charge in [-0.1, -0.05) is 12.8 Å². The van der Waals surface area contributed by atoms with Crippen LogP contribution in [0.4, 0.5) is 11.5 Å². The van der Waals surface area contributed by atoms with E-state index < -0.39 is 0 Å². The number of carbonyl (C=O) groups is 1. The second kappa shape index (κ2) is 5.59. The normalized spacial score (nSPS) is 18.6. The number of hydrogen-bond donors (Lipinski definition) is 0. The largest absolute Gasteiger partial charge is 0.342 e. The Bertz CT molecular complexity index is 754. The fourth-order valence-corrected chi connectivity index (χ4v) is 3.63. The van der Waals surface area contributed by atoms with E-state index in [2.05, 4.69) is 30.8 Å². The maximum Gasteiger partial charge on any atom is 0.246 e. The number of amides is 1. The minimum Gasteiger partial charge on any atom is -0.342 e. The molecule has 1 amide bonds. The van der Waals surface area contributed by atoms with Crippen LogP contribution in [0.2, 0.25) is 0 Å². The minimum atomic E-state index is 0.0890. The first-order valence-electron chi connectivity index (χ1n) is 7.73. The second-order valence-electron chi connectivity index (χ2n) is 6.00. The number of aromatic nitrogens is 4. The highest BCUT2D eigenvalue weighted by Crippen LogP contribution is 2.36. The van der Waals surface area contributed by atoms with E-state index in [4.69, 9.17) is 4.98 Å². The van der Waals surface area contributed by atoms with Crippen molar-refractivity contribution in [2.45, 2.75) is 31.7 Å². The topological polar surface area (TPSA) is 67.2 Å². The standard InChI is InChI=1S/C15H17BrN6O/c1-20-11-6-17-15(21-7-12(16)18-9-21)19-14(11)22(8-13(20)23)10-4-2-3-5-10/h6-7,9-10H,2-5,8H2,1H3. The summed E-state index contributed by atoms with van der Waals surface area (Å²) in [5, 5.41) is 0. The van der Waals surface area contributed by atoms with Gasteiger partial charge in [-0.25, -0.2) is 9.97 Å². The third-order valence-corrected chi connectivity index (χ3v) is 5.01. The van der Waals surface area contributed by atoms with Gasteiger partial charge in [0.15, 0.2) is 5.82 Å².